The summed E-state index contributed by atoms with van der Waals surface area (Å²) >= 11 is 1.64. The van der Waals surface area contributed by atoms with Crippen LogP contribution in [0.4, 0.5) is 9.52 Å². The zero-order valence-corrected chi connectivity index (χ0v) is 20.1. The van der Waals surface area contributed by atoms with Crippen molar-refractivity contribution in [2.45, 2.75) is 20.4 Å². The lowest BCUT2D eigenvalue weighted by Crippen LogP contribution is -2.49. The van der Waals surface area contributed by atoms with Gasteiger partial charge in [0.15, 0.2) is 5.13 Å². The summed E-state index contributed by atoms with van der Waals surface area (Å²) in [5.41, 5.74) is 4.99. The highest BCUT2D eigenvalue weighted by Gasteiger charge is 2.24. The van der Waals surface area contributed by atoms with E-state index in [0.29, 0.717) is 18.7 Å². The Labute approximate surface area is 202 Å². The average molecular weight is 476 g/mol. The Morgan fingerprint density at radius 2 is 1.76 bits per heavy atom. The number of halogens is 1. The van der Waals surface area contributed by atoms with E-state index < -0.39 is 0 Å². The third-order valence-corrected chi connectivity index (χ3v) is 7.12. The van der Waals surface area contributed by atoms with Crippen molar-refractivity contribution in [3.8, 4) is 22.5 Å². The van der Waals surface area contributed by atoms with Gasteiger partial charge in [0.2, 0.25) is 5.91 Å². The summed E-state index contributed by atoms with van der Waals surface area (Å²) < 4.78 is 15.6. The first-order valence-electron chi connectivity index (χ1n) is 11.3. The Hall–Kier alpha value is -3.52. The molecule has 0 atom stereocenters. The van der Waals surface area contributed by atoms with E-state index in [-0.39, 0.29) is 18.3 Å². The summed E-state index contributed by atoms with van der Waals surface area (Å²) in [4.78, 5) is 21.9. The number of carbonyl (C=O) groups excluding carboxylic acids is 1. The number of rotatable bonds is 5. The molecule has 5 rings (SSSR count). The van der Waals surface area contributed by atoms with Gasteiger partial charge in [0.1, 0.15) is 12.4 Å². The number of anilines is 1. The lowest BCUT2D eigenvalue weighted by Gasteiger charge is -2.34. The minimum atomic E-state index is -0.242. The highest BCUT2D eigenvalue weighted by Crippen LogP contribution is 2.28. The summed E-state index contributed by atoms with van der Waals surface area (Å²) in [6.45, 7) is 6.74. The molecule has 6 nitrogen and oxygen atoms in total. The van der Waals surface area contributed by atoms with Gasteiger partial charge in [-0.1, -0.05) is 30.3 Å². The van der Waals surface area contributed by atoms with Crippen LogP contribution in [0.2, 0.25) is 0 Å². The molecule has 1 aliphatic heterocycles. The molecule has 0 saturated carbocycles. The standard InChI is InChI=1S/C26H26FN5OS/c1-18-14-21(8-9-22(18)27)23-15-24(20-6-4-3-5-7-20)32(29-23)16-25(33)30-10-12-31(13-11-30)26-28-19(2)17-34-26/h3-9,14-15,17H,10-13,16H2,1-2H3. The van der Waals surface area contributed by atoms with E-state index >= 15 is 0 Å². The molecule has 2 aromatic heterocycles. The van der Waals surface area contributed by atoms with E-state index in [2.05, 4.69) is 15.3 Å². The molecule has 0 aliphatic carbocycles. The van der Waals surface area contributed by atoms with E-state index in [0.717, 1.165) is 46.4 Å². The minimum absolute atomic E-state index is 0.0390. The smallest absolute Gasteiger partial charge is 0.244 e. The SMILES string of the molecule is Cc1csc(N2CCN(C(=O)Cn3nc(-c4ccc(F)c(C)c4)cc3-c3ccccc3)CC2)n1. The second-order valence-electron chi connectivity index (χ2n) is 8.54. The summed E-state index contributed by atoms with van der Waals surface area (Å²) in [7, 11) is 0. The molecule has 1 amide bonds. The quantitative estimate of drug-likeness (QED) is 0.417. The number of carbonyl (C=O) groups is 1. The van der Waals surface area contributed by atoms with Gasteiger partial charge in [-0.3, -0.25) is 9.48 Å². The molecule has 34 heavy (non-hydrogen) atoms. The molecule has 1 aliphatic rings. The van der Waals surface area contributed by atoms with Crippen molar-refractivity contribution in [1.29, 1.82) is 0 Å². The van der Waals surface area contributed by atoms with Gasteiger partial charge >= 0.3 is 0 Å². The van der Waals surface area contributed by atoms with Gasteiger partial charge in [0.05, 0.1) is 17.1 Å². The van der Waals surface area contributed by atoms with Crippen LogP contribution in [0.15, 0.2) is 60.0 Å². The Balaban J connectivity index is 1.36. The Morgan fingerprint density at radius 3 is 2.44 bits per heavy atom. The number of amides is 1. The van der Waals surface area contributed by atoms with Crippen LogP contribution in [0.5, 0.6) is 0 Å². The first-order valence-corrected chi connectivity index (χ1v) is 12.2. The van der Waals surface area contributed by atoms with Gasteiger partial charge in [0.25, 0.3) is 0 Å². The lowest BCUT2D eigenvalue weighted by molar-refractivity contribution is -0.132. The number of aromatic nitrogens is 3. The maximum atomic E-state index is 13.8. The molecule has 3 heterocycles. The number of aryl methyl sites for hydroxylation is 2. The van der Waals surface area contributed by atoms with Crippen LogP contribution in [0.25, 0.3) is 22.5 Å². The van der Waals surface area contributed by atoms with Crippen LogP contribution in [0, 0.1) is 19.7 Å². The molecule has 174 valence electrons. The van der Waals surface area contributed by atoms with Crippen molar-refractivity contribution < 1.29 is 9.18 Å². The van der Waals surface area contributed by atoms with Gasteiger partial charge in [-0.15, -0.1) is 11.3 Å². The number of benzene rings is 2. The van der Waals surface area contributed by atoms with Crippen LogP contribution in [0.1, 0.15) is 11.3 Å². The predicted octanol–water partition coefficient (Wildman–Crippen LogP) is 4.78. The highest BCUT2D eigenvalue weighted by molar-refractivity contribution is 7.13. The number of hydrogen-bond acceptors (Lipinski definition) is 5. The van der Waals surface area contributed by atoms with Crippen LogP contribution < -0.4 is 4.90 Å². The third kappa shape index (κ3) is 4.59. The molecule has 0 bridgehead atoms. The zero-order valence-electron chi connectivity index (χ0n) is 19.2. The number of nitrogens with zero attached hydrogens (tertiary/aromatic N) is 5. The molecular formula is C26H26FN5OS. The fourth-order valence-electron chi connectivity index (χ4n) is 4.19. The monoisotopic (exact) mass is 475 g/mol. The minimum Gasteiger partial charge on any atom is -0.345 e. The van der Waals surface area contributed by atoms with Gasteiger partial charge in [-0.05, 0) is 49.2 Å². The zero-order chi connectivity index (χ0) is 23.7. The predicted molar refractivity (Wildman–Crippen MR) is 133 cm³/mol. The number of hydrogen-bond donors (Lipinski definition) is 0. The van der Waals surface area contributed by atoms with Crippen LogP contribution in [-0.4, -0.2) is 51.8 Å². The lowest BCUT2D eigenvalue weighted by atomic mass is 10.1. The number of thiazole rings is 1. The fourth-order valence-corrected chi connectivity index (χ4v) is 5.04. The fraction of sp³-hybridized carbons (Fsp3) is 0.269. The second-order valence-corrected chi connectivity index (χ2v) is 9.38. The number of piperazine rings is 1. The molecular weight excluding hydrogens is 449 g/mol. The van der Waals surface area contributed by atoms with Crippen molar-refractivity contribution in [2.24, 2.45) is 0 Å². The summed E-state index contributed by atoms with van der Waals surface area (Å²) in [5, 5.41) is 7.82. The van der Waals surface area contributed by atoms with E-state index in [1.807, 2.05) is 48.2 Å². The molecule has 0 radical (unpaired) electrons. The molecule has 8 heteroatoms. The summed E-state index contributed by atoms with van der Waals surface area (Å²) in [6.07, 6.45) is 0. The maximum absolute atomic E-state index is 13.8. The first-order chi connectivity index (χ1) is 16.5. The molecule has 2 aromatic carbocycles. The maximum Gasteiger partial charge on any atom is 0.244 e. The first kappa shape index (κ1) is 22.3. The van der Waals surface area contributed by atoms with E-state index in [1.165, 1.54) is 6.07 Å². The van der Waals surface area contributed by atoms with Crippen molar-refractivity contribution in [3.05, 3.63) is 77.1 Å². The topological polar surface area (TPSA) is 54.3 Å². The Bertz CT molecular complexity index is 1310. The van der Waals surface area contributed by atoms with Gasteiger partial charge in [-0.25, -0.2) is 9.37 Å². The summed E-state index contributed by atoms with van der Waals surface area (Å²) in [6, 6.07) is 16.9. The van der Waals surface area contributed by atoms with Crippen molar-refractivity contribution in [1.82, 2.24) is 19.7 Å². The normalized spacial score (nSPS) is 14.0. The Morgan fingerprint density at radius 1 is 1.00 bits per heavy atom. The molecule has 1 fully saturated rings. The van der Waals surface area contributed by atoms with Crippen molar-refractivity contribution >= 4 is 22.4 Å². The van der Waals surface area contributed by atoms with E-state index in [1.54, 1.807) is 35.1 Å². The summed E-state index contributed by atoms with van der Waals surface area (Å²) in [5.74, 6) is -0.203. The van der Waals surface area contributed by atoms with E-state index in [4.69, 9.17) is 5.10 Å². The van der Waals surface area contributed by atoms with Crippen LogP contribution in [-0.2, 0) is 11.3 Å². The third-order valence-electron chi connectivity index (χ3n) is 6.10. The van der Waals surface area contributed by atoms with Gasteiger partial charge < -0.3 is 9.80 Å². The van der Waals surface area contributed by atoms with Crippen molar-refractivity contribution in [2.75, 3.05) is 31.1 Å². The van der Waals surface area contributed by atoms with Crippen LogP contribution in [0.3, 0.4) is 0 Å². The second kappa shape index (κ2) is 9.38. The average Bonchev–Trinajstić information content (AvgIpc) is 3.48. The molecule has 0 N–H and O–H groups in total. The van der Waals surface area contributed by atoms with Crippen molar-refractivity contribution in [3.63, 3.8) is 0 Å². The molecule has 0 unspecified atom stereocenters. The molecule has 1 saturated heterocycles. The van der Waals surface area contributed by atoms with E-state index in [9.17, 15) is 9.18 Å². The molecule has 0 spiro atoms. The van der Waals surface area contributed by atoms with Gasteiger partial charge in [-0.2, -0.15) is 5.10 Å². The van der Waals surface area contributed by atoms with Gasteiger partial charge in [0, 0.05) is 37.1 Å². The molecule has 4 aromatic rings. The Kier molecular flexibility index (Phi) is 6.15. The largest absolute Gasteiger partial charge is 0.345 e. The van der Waals surface area contributed by atoms with Crippen LogP contribution >= 0.6 is 11.3 Å². The highest BCUT2D eigenvalue weighted by atomic mass is 32.1.